The van der Waals surface area contributed by atoms with E-state index in [-0.39, 0.29) is 23.5 Å². The molecule has 8 nitrogen and oxygen atoms in total. The van der Waals surface area contributed by atoms with Gasteiger partial charge in [-0.25, -0.2) is 4.79 Å². The van der Waals surface area contributed by atoms with Gasteiger partial charge in [-0.3, -0.25) is 10.1 Å². The molecule has 0 bridgehead atoms. The number of aromatic nitrogens is 2. The van der Waals surface area contributed by atoms with Crippen molar-refractivity contribution in [2.24, 2.45) is 5.73 Å². The average Bonchev–Trinajstić information content (AvgIpc) is 2.92. The number of nitrogens with zero attached hydrogens (tertiary/aromatic N) is 2. The van der Waals surface area contributed by atoms with Crippen LogP contribution >= 0.6 is 23.4 Å². The van der Waals surface area contributed by atoms with Crippen molar-refractivity contribution in [3.05, 3.63) is 35.2 Å². The number of nitrogens with two attached hydrogens (primary N) is 1. The first-order valence-electron chi connectivity index (χ1n) is 5.96. The number of ether oxygens (including phenoxy) is 1. The van der Waals surface area contributed by atoms with Crippen LogP contribution in [0.25, 0.3) is 0 Å². The van der Waals surface area contributed by atoms with Gasteiger partial charge in [-0.2, -0.15) is 0 Å². The Kier molecular flexibility index (Phi) is 5.61. The lowest BCUT2D eigenvalue weighted by Crippen LogP contribution is -2.36. The van der Waals surface area contributed by atoms with Gasteiger partial charge in [-0.1, -0.05) is 23.4 Å². The second kappa shape index (κ2) is 7.66. The third kappa shape index (κ3) is 5.26. The number of urea groups is 1. The van der Waals surface area contributed by atoms with Gasteiger partial charge in [0.15, 0.2) is 6.61 Å². The van der Waals surface area contributed by atoms with Crippen molar-refractivity contribution in [2.45, 2.75) is 11.8 Å². The number of amides is 3. The number of hydrogen-bond donors (Lipinski definition) is 2. The molecule has 0 unspecified atom stereocenters. The molecule has 2 rings (SSSR count). The van der Waals surface area contributed by atoms with Crippen molar-refractivity contribution in [2.75, 3.05) is 5.75 Å². The van der Waals surface area contributed by atoms with Crippen molar-refractivity contribution in [1.82, 2.24) is 15.5 Å². The van der Waals surface area contributed by atoms with Crippen LogP contribution in [0.3, 0.4) is 0 Å². The van der Waals surface area contributed by atoms with Gasteiger partial charge in [0.05, 0.1) is 5.75 Å². The van der Waals surface area contributed by atoms with Gasteiger partial charge in [0.1, 0.15) is 5.75 Å². The number of thioether (sulfide) groups is 1. The van der Waals surface area contributed by atoms with Crippen LogP contribution in [0.5, 0.6) is 5.75 Å². The van der Waals surface area contributed by atoms with Gasteiger partial charge in [-0.15, -0.1) is 10.2 Å². The van der Waals surface area contributed by atoms with E-state index < -0.39 is 11.9 Å². The van der Waals surface area contributed by atoms with Gasteiger partial charge < -0.3 is 14.9 Å². The molecule has 10 heteroatoms. The molecular formula is C12H11ClN4O4S. The summed E-state index contributed by atoms with van der Waals surface area (Å²) in [5.41, 5.74) is 4.81. The second-order valence-electron chi connectivity index (χ2n) is 3.91. The number of halogens is 1. The molecule has 0 saturated heterocycles. The standard InChI is InChI=1S/C12H11ClN4O4S/c13-7-1-3-8(4-2-7)20-5-10-16-17-12(21-10)22-6-9(18)15-11(14)19/h1-4H,5-6H2,(H3,14,15,18,19). The zero-order valence-corrected chi connectivity index (χ0v) is 12.7. The summed E-state index contributed by atoms with van der Waals surface area (Å²) in [6.45, 7) is 0.0860. The lowest BCUT2D eigenvalue weighted by atomic mass is 10.3. The smallest absolute Gasteiger partial charge is 0.318 e. The fraction of sp³-hybridized carbons (Fsp3) is 0.167. The predicted molar refractivity (Wildman–Crippen MR) is 78.5 cm³/mol. The summed E-state index contributed by atoms with van der Waals surface area (Å²) in [6, 6.07) is 5.91. The van der Waals surface area contributed by atoms with Gasteiger partial charge >= 0.3 is 6.03 Å². The zero-order valence-electron chi connectivity index (χ0n) is 11.1. The third-order valence-electron chi connectivity index (χ3n) is 2.21. The molecule has 0 saturated carbocycles. The molecule has 3 amide bonds. The minimum atomic E-state index is -0.909. The molecule has 2 aromatic rings. The highest BCUT2D eigenvalue weighted by molar-refractivity contribution is 7.99. The quantitative estimate of drug-likeness (QED) is 0.764. The molecule has 1 heterocycles. The Hall–Kier alpha value is -2.26. The Morgan fingerprint density at radius 2 is 2.05 bits per heavy atom. The topological polar surface area (TPSA) is 120 Å². The van der Waals surface area contributed by atoms with E-state index in [1.807, 2.05) is 5.32 Å². The van der Waals surface area contributed by atoms with Crippen LogP contribution in [0.2, 0.25) is 5.02 Å². The summed E-state index contributed by atoms with van der Waals surface area (Å²) in [5, 5.41) is 10.2. The number of hydrogen-bond acceptors (Lipinski definition) is 7. The number of benzene rings is 1. The van der Waals surface area contributed by atoms with Crippen molar-refractivity contribution >= 4 is 35.3 Å². The highest BCUT2D eigenvalue weighted by atomic mass is 35.5. The summed E-state index contributed by atoms with van der Waals surface area (Å²) in [5.74, 6) is 0.253. The van der Waals surface area contributed by atoms with E-state index in [1.54, 1.807) is 24.3 Å². The Balaban J connectivity index is 1.80. The Bertz CT molecular complexity index is 661. The fourth-order valence-electron chi connectivity index (χ4n) is 1.33. The van der Waals surface area contributed by atoms with Crippen LogP contribution < -0.4 is 15.8 Å². The predicted octanol–water partition coefficient (Wildman–Crippen LogP) is 1.59. The minimum Gasteiger partial charge on any atom is -0.484 e. The number of rotatable bonds is 6. The van der Waals surface area contributed by atoms with Crippen molar-refractivity contribution in [3.63, 3.8) is 0 Å². The van der Waals surface area contributed by atoms with Crippen molar-refractivity contribution < 1.29 is 18.7 Å². The Morgan fingerprint density at radius 1 is 1.32 bits per heavy atom. The lowest BCUT2D eigenvalue weighted by molar-refractivity contribution is -0.117. The maximum Gasteiger partial charge on any atom is 0.318 e. The molecule has 0 spiro atoms. The van der Waals surface area contributed by atoms with Crippen LogP contribution in [0.15, 0.2) is 33.9 Å². The molecule has 0 fully saturated rings. The number of carbonyl (C=O) groups is 2. The lowest BCUT2D eigenvalue weighted by Gasteiger charge is -2.02. The summed E-state index contributed by atoms with van der Waals surface area (Å²) >= 11 is 6.75. The number of carbonyl (C=O) groups excluding carboxylic acids is 2. The largest absolute Gasteiger partial charge is 0.484 e. The Labute approximate surface area is 134 Å². The van der Waals surface area contributed by atoms with Crippen LogP contribution in [0.1, 0.15) is 5.89 Å². The molecule has 0 aliphatic rings. The van der Waals surface area contributed by atoms with Crippen LogP contribution in [-0.2, 0) is 11.4 Å². The molecule has 3 N–H and O–H groups in total. The first kappa shape index (κ1) is 16.1. The summed E-state index contributed by atoms with van der Waals surface area (Å²) in [6.07, 6.45) is 0. The molecule has 116 valence electrons. The number of imide groups is 1. The van der Waals surface area contributed by atoms with E-state index in [1.165, 1.54) is 0 Å². The SMILES string of the molecule is NC(=O)NC(=O)CSc1nnc(COc2ccc(Cl)cc2)o1. The van der Waals surface area contributed by atoms with Crippen molar-refractivity contribution in [1.29, 1.82) is 0 Å². The maximum absolute atomic E-state index is 11.2. The normalized spacial score (nSPS) is 10.2. The summed E-state index contributed by atoms with van der Waals surface area (Å²) in [4.78, 5) is 21.7. The molecular weight excluding hydrogens is 332 g/mol. The zero-order chi connectivity index (χ0) is 15.9. The average molecular weight is 343 g/mol. The Morgan fingerprint density at radius 3 is 2.73 bits per heavy atom. The van der Waals surface area contributed by atoms with Gasteiger partial charge in [0.2, 0.25) is 5.91 Å². The first-order chi connectivity index (χ1) is 10.5. The summed E-state index contributed by atoms with van der Waals surface area (Å²) in [7, 11) is 0. The first-order valence-corrected chi connectivity index (χ1v) is 7.32. The van der Waals surface area contributed by atoms with Crippen molar-refractivity contribution in [3.8, 4) is 5.75 Å². The highest BCUT2D eigenvalue weighted by Crippen LogP contribution is 2.19. The van der Waals surface area contributed by atoms with E-state index >= 15 is 0 Å². The number of primary amides is 1. The highest BCUT2D eigenvalue weighted by Gasteiger charge is 2.11. The number of nitrogens with one attached hydrogen (secondary N) is 1. The molecule has 22 heavy (non-hydrogen) atoms. The van der Waals surface area contributed by atoms with E-state index in [0.717, 1.165) is 11.8 Å². The second-order valence-corrected chi connectivity index (χ2v) is 5.27. The minimum absolute atomic E-state index is 0.0669. The van der Waals surface area contributed by atoms with Crippen LogP contribution in [0.4, 0.5) is 4.79 Å². The molecule has 1 aromatic carbocycles. The van der Waals surface area contributed by atoms with E-state index in [4.69, 9.17) is 26.5 Å². The van der Waals surface area contributed by atoms with E-state index in [0.29, 0.717) is 10.8 Å². The van der Waals surface area contributed by atoms with Gasteiger partial charge in [-0.05, 0) is 24.3 Å². The fourth-order valence-corrected chi connectivity index (χ4v) is 2.04. The molecule has 0 atom stereocenters. The monoisotopic (exact) mass is 342 g/mol. The van der Waals surface area contributed by atoms with Crippen LogP contribution in [-0.4, -0.2) is 27.9 Å². The molecule has 0 radical (unpaired) electrons. The third-order valence-corrected chi connectivity index (χ3v) is 3.28. The van der Waals surface area contributed by atoms with Crippen LogP contribution in [0, 0.1) is 0 Å². The van der Waals surface area contributed by atoms with E-state index in [9.17, 15) is 9.59 Å². The molecule has 0 aliphatic carbocycles. The maximum atomic E-state index is 11.2. The van der Waals surface area contributed by atoms with E-state index in [2.05, 4.69) is 10.2 Å². The summed E-state index contributed by atoms with van der Waals surface area (Å²) < 4.78 is 10.7. The van der Waals surface area contributed by atoms with Gasteiger partial charge in [0, 0.05) is 5.02 Å². The van der Waals surface area contributed by atoms with Gasteiger partial charge in [0.25, 0.3) is 11.1 Å². The molecule has 1 aromatic heterocycles. The molecule has 0 aliphatic heterocycles.